The summed E-state index contributed by atoms with van der Waals surface area (Å²) >= 11 is 0. The van der Waals surface area contributed by atoms with Crippen molar-refractivity contribution in [2.24, 2.45) is 11.7 Å². The molecule has 2 rings (SSSR count). The second kappa shape index (κ2) is 7.20. The Labute approximate surface area is 122 Å². The number of hydrogen-bond acceptors (Lipinski definition) is 4. The van der Waals surface area contributed by atoms with E-state index < -0.39 is 10.0 Å². The van der Waals surface area contributed by atoms with E-state index in [2.05, 4.69) is 0 Å². The van der Waals surface area contributed by atoms with Crippen molar-refractivity contribution in [2.75, 3.05) is 25.4 Å². The summed E-state index contributed by atoms with van der Waals surface area (Å²) in [5.74, 6) is 0.442. The van der Waals surface area contributed by atoms with Gasteiger partial charge in [-0.15, -0.1) is 0 Å². The number of rotatable bonds is 6. The van der Waals surface area contributed by atoms with Gasteiger partial charge in [0, 0.05) is 19.2 Å². The number of hydrogen-bond donors (Lipinski definition) is 1. The summed E-state index contributed by atoms with van der Waals surface area (Å²) in [5, 5.41) is 0. The lowest BCUT2D eigenvalue weighted by Crippen LogP contribution is -2.49. The Morgan fingerprint density at radius 1 is 1.20 bits per heavy atom. The van der Waals surface area contributed by atoms with Gasteiger partial charge >= 0.3 is 0 Å². The number of nitrogens with two attached hydrogens (primary N) is 1. The third kappa shape index (κ3) is 3.72. The van der Waals surface area contributed by atoms with Gasteiger partial charge in [-0.1, -0.05) is 19.8 Å². The van der Waals surface area contributed by atoms with Crippen LogP contribution in [-0.2, 0) is 14.8 Å². The molecule has 0 spiro atoms. The maximum absolute atomic E-state index is 12.7. The van der Waals surface area contributed by atoms with E-state index in [0.29, 0.717) is 25.6 Å². The largest absolute Gasteiger partial charge is 0.377 e. The first-order chi connectivity index (χ1) is 9.58. The van der Waals surface area contributed by atoms with Crippen molar-refractivity contribution in [3.05, 3.63) is 0 Å². The SMILES string of the molecule is CCN(C1CCCCC1CN)S(=O)(=O)CC1CCCO1. The quantitative estimate of drug-likeness (QED) is 0.803. The molecule has 6 heteroatoms. The van der Waals surface area contributed by atoms with Crippen LogP contribution in [0.25, 0.3) is 0 Å². The van der Waals surface area contributed by atoms with E-state index >= 15 is 0 Å². The van der Waals surface area contributed by atoms with Crippen molar-refractivity contribution < 1.29 is 13.2 Å². The highest BCUT2D eigenvalue weighted by molar-refractivity contribution is 7.89. The monoisotopic (exact) mass is 304 g/mol. The Morgan fingerprint density at radius 3 is 2.55 bits per heavy atom. The predicted octanol–water partition coefficient (Wildman–Crippen LogP) is 1.33. The van der Waals surface area contributed by atoms with E-state index in [-0.39, 0.29) is 17.9 Å². The fourth-order valence-electron chi connectivity index (χ4n) is 3.59. The fourth-order valence-corrected chi connectivity index (χ4v) is 5.59. The second-order valence-electron chi connectivity index (χ2n) is 5.96. The molecule has 0 bridgehead atoms. The Bertz CT molecular complexity index is 393. The van der Waals surface area contributed by atoms with Crippen molar-refractivity contribution in [1.29, 1.82) is 0 Å². The molecular formula is C14H28N2O3S. The smallest absolute Gasteiger partial charge is 0.216 e. The summed E-state index contributed by atoms with van der Waals surface area (Å²) in [6.07, 6.45) is 5.99. The lowest BCUT2D eigenvalue weighted by atomic mass is 9.84. The minimum atomic E-state index is -3.25. The summed E-state index contributed by atoms with van der Waals surface area (Å²) in [5.41, 5.74) is 5.85. The van der Waals surface area contributed by atoms with Crippen molar-refractivity contribution in [3.63, 3.8) is 0 Å². The highest BCUT2D eigenvalue weighted by Crippen LogP contribution is 2.30. The van der Waals surface area contributed by atoms with E-state index in [4.69, 9.17) is 10.5 Å². The van der Waals surface area contributed by atoms with Crippen molar-refractivity contribution in [1.82, 2.24) is 4.31 Å². The zero-order valence-corrected chi connectivity index (χ0v) is 13.3. The Morgan fingerprint density at radius 2 is 1.95 bits per heavy atom. The summed E-state index contributed by atoms with van der Waals surface area (Å²) in [6, 6.07) is 0.0881. The molecule has 3 unspecified atom stereocenters. The first kappa shape index (κ1) is 16.2. The number of ether oxygens (including phenoxy) is 1. The molecule has 3 atom stereocenters. The predicted molar refractivity (Wildman–Crippen MR) is 79.9 cm³/mol. The lowest BCUT2D eigenvalue weighted by Gasteiger charge is -2.38. The molecule has 1 saturated carbocycles. The van der Waals surface area contributed by atoms with Crippen molar-refractivity contribution in [2.45, 2.75) is 57.6 Å². The zero-order chi connectivity index (χ0) is 14.6. The third-order valence-electron chi connectivity index (χ3n) is 4.63. The second-order valence-corrected chi connectivity index (χ2v) is 7.93. The van der Waals surface area contributed by atoms with Gasteiger partial charge in [0.25, 0.3) is 0 Å². The van der Waals surface area contributed by atoms with Crippen molar-refractivity contribution in [3.8, 4) is 0 Å². The van der Waals surface area contributed by atoms with Crippen LogP contribution in [0.5, 0.6) is 0 Å². The van der Waals surface area contributed by atoms with Crippen LogP contribution >= 0.6 is 0 Å². The summed E-state index contributed by atoms with van der Waals surface area (Å²) < 4.78 is 32.6. The van der Waals surface area contributed by atoms with Crippen LogP contribution in [0.3, 0.4) is 0 Å². The normalized spacial score (nSPS) is 31.9. The molecule has 1 aliphatic heterocycles. The molecule has 1 aliphatic carbocycles. The molecule has 0 aromatic heterocycles. The summed E-state index contributed by atoms with van der Waals surface area (Å²) in [6.45, 7) is 3.74. The third-order valence-corrected chi connectivity index (χ3v) is 6.67. The average Bonchev–Trinajstić information content (AvgIpc) is 2.92. The fraction of sp³-hybridized carbons (Fsp3) is 1.00. The van der Waals surface area contributed by atoms with Crippen molar-refractivity contribution >= 4 is 10.0 Å². The molecule has 1 saturated heterocycles. The van der Waals surface area contributed by atoms with Gasteiger partial charge in [-0.25, -0.2) is 8.42 Å². The summed E-state index contributed by atoms with van der Waals surface area (Å²) in [7, 11) is -3.25. The molecule has 5 nitrogen and oxygen atoms in total. The average molecular weight is 304 g/mol. The number of nitrogens with zero attached hydrogens (tertiary/aromatic N) is 1. The number of sulfonamides is 1. The maximum Gasteiger partial charge on any atom is 0.216 e. The van der Waals surface area contributed by atoms with Gasteiger partial charge < -0.3 is 10.5 Å². The molecule has 2 fully saturated rings. The lowest BCUT2D eigenvalue weighted by molar-refractivity contribution is 0.124. The van der Waals surface area contributed by atoms with E-state index in [1.54, 1.807) is 4.31 Å². The molecule has 0 aromatic carbocycles. The topological polar surface area (TPSA) is 72.6 Å². The van der Waals surface area contributed by atoms with Gasteiger partial charge in [0.15, 0.2) is 0 Å². The van der Waals surface area contributed by atoms with Gasteiger partial charge in [-0.05, 0) is 38.1 Å². The molecule has 20 heavy (non-hydrogen) atoms. The molecule has 2 N–H and O–H groups in total. The molecule has 0 radical (unpaired) electrons. The standard InChI is InChI=1S/C14H28N2O3S/c1-2-16(14-8-4-3-6-12(14)10-15)20(17,18)11-13-7-5-9-19-13/h12-14H,2-11,15H2,1H3. The van der Waals surface area contributed by atoms with Crippen LogP contribution in [0.2, 0.25) is 0 Å². The van der Waals surface area contributed by atoms with Crippen LogP contribution in [0.15, 0.2) is 0 Å². The minimum Gasteiger partial charge on any atom is -0.377 e. The van der Waals surface area contributed by atoms with Crippen LogP contribution in [0, 0.1) is 5.92 Å². The zero-order valence-electron chi connectivity index (χ0n) is 12.5. The molecule has 118 valence electrons. The van der Waals surface area contributed by atoms with Gasteiger partial charge in [0.2, 0.25) is 10.0 Å². The molecule has 1 heterocycles. The maximum atomic E-state index is 12.7. The van der Waals surface area contributed by atoms with Crippen LogP contribution in [0.4, 0.5) is 0 Å². The highest BCUT2D eigenvalue weighted by atomic mass is 32.2. The minimum absolute atomic E-state index is 0.0881. The highest BCUT2D eigenvalue weighted by Gasteiger charge is 2.36. The van der Waals surface area contributed by atoms with E-state index in [1.807, 2.05) is 6.92 Å². The summed E-state index contributed by atoms with van der Waals surface area (Å²) in [4.78, 5) is 0. The van der Waals surface area contributed by atoms with Gasteiger partial charge in [-0.3, -0.25) is 0 Å². The van der Waals surface area contributed by atoms with Crippen LogP contribution in [-0.4, -0.2) is 50.3 Å². The first-order valence-corrected chi connectivity index (χ1v) is 9.50. The Kier molecular flexibility index (Phi) is 5.84. The van der Waals surface area contributed by atoms with Gasteiger partial charge in [0.1, 0.15) is 0 Å². The van der Waals surface area contributed by atoms with Gasteiger partial charge in [0.05, 0.1) is 11.9 Å². The van der Waals surface area contributed by atoms with Gasteiger partial charge in [-0.2, -0.15) is 4.31 Å². The molecule has 2 aliphatic rings. The van der Waals surface area contributed by atoms with E-state index in [0.717, 1.165) is 32.1 Å². The molecule has 0 aromatic rings. The first-order valence-electron chi connectivity index (χ1n) is 7.89. The van der Waals surface area contributed by atoms with E-state index in [9.17, 15) is 8.42 Å². The Hall–Kier alpha value is -0.170. The molecular weight excluding hydrogens is 276 g/mol. The Balaban J connectivity index is 2.08. The molecule has 0 amide bonds. The van der Waals surface area contributed by atoms with Crippen LogP contribution in [0.1, 0.15) is 45.4 Å². The van der Waals surface area contributed by atoms with Crippen LogP contribution < -0.4 is 5.73 Å². The van der Waals surface area contributed by atoms with E-state index in [1.165, 1.54) is 6.42 Å².